The highest BCUT2D eigenvalue weighted by Crippen LogP contribution is 2.07. The summed E-state index contributed by atoms with van der Waals surface area (Å²) in [5.74, 6) is -0.195. The Balaban J connectivity index is 2.11. The first-order valence-corrected chi connectivity index (χ1v) is 6.40. The molecule has 0 radical (unpaired) electrons. The van der Waals surface area contributed by atoms with Crippen molar-refractivity contribution in [3.8, 4) is 0 Å². The Labute approximate surface area is 104 Å². The zero-order chi connectivity index (χ0) is 12.5. The molecule has 0 aromatic carbocycles. The van der Waals surface area contributed by atoms with Gasteiger partial charge in [-0.1, -0.05) is 6.07 Å². The number of rotatable bonds is 7. The summed E-state index contributed by atoms with van der Waals surface area (Å²) in [4.78, 5) is 23.4. The van der Waals surface area contributed by atoms with Crippen LogP contribution in [0.2, 0.25) is 0 Å². The summed E-state index contributed by atoms with van der Waals surface area (Å²) in [5, 5.41) is 7.26. The molecule has 0 aliphatic carbocycles. The molecule has 2 amide bonds. The van der Waals surface area contributed by atoms with Crippen LogP contribution in [-0.4, -0.2) is 31.4 Å². The predicted octanol–water partition coefficient (Wildman–Crippen LogP) is 0.333. The van der Waals surface area contributed by atoms with Crippen LogP contribution in [0.3, 0.4) is 0 Å². The molecular formula is C11H17N3O2S. The third-order valence-electron chi connectivity index (χ3n) is 2.09. The van der Waals surface area contributed by atoms with Crippen molar-refractivity contribution in [2.45, 2.75) is 12.8 Å². The Morgan fingerprint density at radius 2 is 2.12 bits per heavy atom. The van der Waals surface area contributed by atoms with Crippen molar-refractivity contribution >= 4 is 23.2 Å². The lowest BCUT2D eigenvalue weighted by Crippen LogP contribution is -2.31. The quantitative estimate of drug-likeness (QED) is 0.614. The number of hydrogen-bond donors (Lipinski definition) is 3. The van der Waals surface area contributed by atoms with Crippen LogP contribution in [0.5, 0.6) is 0 Å². The van der Waals surface area contributed by atoms with Gasteiger partial charge in [-0.2, -0.15) is 0 Å². The first kappa shape index (κ1) is 13.7. The molecule has 6 heteroatoms. The fraction of sp³-hybridized carbons (Fsp3) is 0.455. The maximum Gasteiger partial charge on any atom is 0.261 e. The molecule has 0 bridgehead atoms. The molecule has 1 aromatic rings. The van der Waals surface area contributed by atoms with Gasteiger partial charge in [0.2, 0.25) is 5.91 Å². The van der Waals surface area contributed by atoms with E-state index < -0.39 is 0 Å². The number of nitrogens with one attached hydrogen (secondary N) is 2. The van der Waals surface area contributed by atoms with Crippen LogP contribution in [0.4, 0.5) is 0 Å². The predicted molar refractivity (Wildman–Crippen MR) is 68.0 cm³/mol. The van der Waals surface area contributed by atoms with Crippen molar-refractivity contribution in [2.24, 2.45) is 5.73 Å². The van der Waals surface area contributed by atoms with E-state index in [-0.39, 0.29) is 11.8 Å². The van der Waals surface area contributed by atoms with Crippen molar-refractivity contribution in [1.29, 1.82) is 0 Å². The Morgan fingerprint density at radius 3 is 2.76 bits per heavy atom. The van der Waals surface area contributed by atoms with E-state index in [0.29, 0.717) is 30.9 Å². The highest BCUT2D eigenvalue weighted by Gasteiger charge is 2.06. The largest absolute Gasteiger partial charge is 0.356 e. The Kier molecular flexibility index (Phi) is 6.27. The van der Waals surface area contributed by atoms with E-state index in [1.807, 2.05) is 11.4 Å². The molecule has 94 valence electrons. The fourth-order valence-corrected chi connectivity index (χ4v) is 1.84. The number of carbonyl (C=O) groups excluding carboxylic acids is 2. The van der Waals surface area contributed by atoms with E-state index in [4.69, 9.17) is 5.73 Å². The average Bonchev–Trinajstić information content (AvgIpc) is 2.82. The molecule has 1 aromatic heterocycles. The molecular weight excluding hydrogens is 238 g/mol. The van der Waals surface area contributed by atoms with Gasteiger partial charge in [0.1, 0.15) is 0 Å². The van der Waals surface area contributed by atoms with Gasteiger partial charge in [0.25, 0.3) is 5.91 Å². The summed E-state index contributed by atoms with van der Waals surface area (Å²) in [6.45, 7) is 1.51. The fourth-order valence-electron chi connectivity index (χ4n) is 1.20. The molecule has 0 atom stereocenters. The van der Waals surface area contributed by atoms with Crippen LogP contribution in [0.1, 0.15) is 22.5 Å². The average molecular weight is 255 g/mol. The van der Waals surface area contributed by atoms with Gasteiger partial charge in [0.05, 0.1) is 4.88 Å². The second-order valence-corrected chi connectivity index (χ2v) is 4.42. The molecule has 0 fully saturated rings. The van der Waals surface area contributed by atoms with E-state index in [9.17, 15) is 9.59 Å². The second kappa shape index (κ2) is 7.81. The van der Waals surface area contributed by atoms with Crippen molar-refractivity contribution in [3.63, 3.8) is 0 Å². The summed E-state index contributed by atoms with van der Waals surface area (Å²) >= 11 is 1.38. The molecule has 0 spiro atoms. The third kappa shape index (κ3) is 5.46. The van der Waals surface area contributed by atoms with Crippen LogP contribution < -0.4 is 16.4 Å². The van der Waals surface area contributed by atoms with Crippen LogP contribution in [0.15, 0.2) is 17.5 Å². The van der Waals surface area contributed by atoms with E-state index >= 15 is 0 Å². The first-order chi connectivity index (χ1) is 8.24. The number of hydrogen-bond acceptors (Lipinski definition) is 4. The number of carbonyl (C=O) groups is 2. The van der Waals surface area contributed by atoms with Gasteiger partial charge >= 0.3 is 0 Å². The number of thiophene rings is 1. The molecule has 17 heavy (non-hydrogen) atoms. The summed E-state index contributed by atoms with van der Waals surface area (Å²) in [5.41, 5.74) is 5.30. The van der Waals surface area contributed by atoms with Gasteiger partial charge < -0.3 is 16.4 Å². The molecule has 0 aliphatic rings. The molecule has 4 N–H and O–H groups in total. The molecule has 0 aliphatic heterocycles. The normalized spacial score (nSPS) is 9.94. The van der Waals surface area contributed by atoms with Crippen molar-refractivity contribution < 1.29 is 9.59 Å². The standard InChI is InChI=1S/C11H17N3O2S/c12-5-2-6-13-10(15)4-7-14-11(16)9-3-1-8-17-9/h1,3,8H,2,4-7,12H2,(H,13,15)(H,14,16). The van der Waals surface area contributed by atoms with Crippen molar-refractivity contribution in [1.82, 2.24) is 10.6 Å². The van der Waals surface area contributed by atoms with Crippen LogP contribution in [0.25, 0.3) is 0 Å². The number of amides is 2. The van der Waals surface area contributed by atoms with Gasteiger partial charge in [0, 0.05) is 19.5 Å². The number of nitrogens with two attached hydrogens (primary N) is 1. The summed E-state index contributed by atoms with van der Waals surface area (Å²) in [7, 11) is 0. The summed E-state index contributed by atoms with van der Waals surface area (Å²) < 4.78 is 0. The zero-order valence-electron chi connectivity index (χ0n) is 9.57. The van der Waals surface area contributed by atoms with E-state index in [1.54, 1.807) is 6.07 Å². The van der Waals surface area contributed by atoms with Gasteiger partial charge in [-0.15, -0.1) is 11.3 Å². The van der Waals surface area contributed by atoms with Gasteiger partial charge in [-0.3, -0.25) is 9.59 Å². The lowest BCUT2D eigenvalue weighted by Gasteiger charge is -2.05. The molecule has 1 heterocycles. The van der Waals surface area contributed by atoms with Gasteiger partial charge in [-0.05, 0) is 24.4 Å². The Morgan fingerprint density at radius 1 is 1.29 bits per heavy atom. The molecule has 5 nitrogen and oxygen atoms in total. The van der Waals surface area contributed by atoms with E-state index in [1.165, 1.54) is 11.3 Å². The third-order valence-corrected chi connectivity index (χ3v) is 2.95. The smallest absolute Gasteiger partial charge is 0.261 e. The highest BCUT2D eigenvalue weighted by molar-refractivity contribution is 7.12. The SMILES string of the molecule is NCCCNC(=O)CCNC(=O)c1cccs1. The van der Waals surface area contributed by atoms with Crippen LogP contribution in [0, 0.1) is 0 Å². The Hall–Kier alpha value is -1.40. The minimum absolute atomic E-state index is 0.0649. The summed E-state index contributed by atoms with van der Waals surface area (Å²) in [6.07, 6.45) is 1.06. The monoisotopic (exact) mass is 255 g/mol. The van der Waals surface area contributed by atoms with Crippen LogP contribution >= 0.6 is 11.3 Å². The van der Waals surface area contributed by atoms with E-state index in [2.05, 4.69) is 10.6 Å². The molecule has 1 rings (SSSR count). The second-order valence-electron chi connectivity index (χ2n) is 3.48. The molecule has 0 unspecified atom stereocenters. The van der Waals surface area contributed by atoms with E-state index in [0.717, 1.165) is 6.42 Å². The first-order valence-electron chi connectivity index (χ1n) is 5.52. The van der Waals surface area contributed by atoms with Crippen molar-refractivity contribution in [3.05, 3.63) is 22.4 Å². The Bertz CT molecular complexity index is 352. The summed E-state index contributed by atoms with van der Waals surface area (Å²) in [6, 6.07) is 3.57. The minimum atomic E-state index is -0.130. The molecule has 0 saturated carbocycles. The zero-order valence-corrected chi connectivity index (χ0v) is 10.4. The highest BCUT2D eigenvalue weighted by atomic mass is 32.1. The van der Waals surface area contributed by atoms with Gasteiger partial charge in [-0.25, -0.2) is 0 Å². The van der Waals surface area contributed by atoms with Crippen LogP contribution in [-0.2, 0) is 4.79 Å². The van der Waals surface area contributed by atoms with Crippen molar-refractivity contribution in [2.75, 3.05) is 19.6 Å². The lowest BCUT2D eigenvalue weighted by molar-refractivity contribution is -0.120. The lowest BCUT2D eigenvalue weighted by atomic mass is 10.3. The minimum Gasteiger partial charge on any atom is -0.356 e. The van der Waals surface area contributed by atoms with Gasteiger partial charge in [0.15, 0.2) is 0 Å². The topological polar surface area (TPSA) is 84.2 Å². The maximum absolute atomic E-state index is 11.5. The molecule has 0 saturated heterocycles. The maximum atomic E-state index is 11.5.